The summed E-state index contributed by atoms with van der Waals surface area (Å²) in [5, 5.41) is 2.12. The number of nitrogens with two attached hydrogens (primary N) is 1. The lowest BCUT2D eigenvalue weighted by Gasteiger charge is -2.31. The zero-order valence-electron chi connectivity index (χ0n) is 9.99. The standard InChI is InChI=1S/C12H22N2S/c1-4-12(13,5-2)10-14(3)9-11-7-6-8-15-11/h6-8H,4-5,9-10,13H2,1-3H3. The maximum atomic E-state index is 6.29. The highest BCUT2D eigenvalue weighted by Crippen LogP contribution is 2.16. The predicted molar refractivity (Wildman–Crippen MR) is 68.2 cm³/mol. The lowest BCUT2D eigenvalue weighted by Crippen LogP contribution is -2.48. The van der Waals surface area contributed by atoms with E-state index in [-0.39, 0.29) is 5.54 Å². The van der Waals surface area contributed by atoms with Crippen LogP contribution in [0.1, 0.15) is 31.6 Å². The van der Waals surface area contributed by atoms with Crippen LogP contribution < -0.4 is 5.73 Å². The van der Waals surface area contributed by atoms with Crippen molar-refractivity contribution < 1.29 is 0 Å². The zero-order chi connectivity index (χ0) is 11.3. The first-order valence-electron chi connectivity index (χ1n) is 5.59. The fraction of sp³-hybridized carbons (Fsp3) is 0.667. The van der Waals surface area contributed by atoms with Gasteiger partial charge in [-0.05, 0) is 31.3 Å². The molecule has 0 aliphatic heterocycles. The third-order valence-electron chi connectivity index (χ3n) is 3.00. The van der Waals surface area contributed by atoms with Gasteiger partial charge < -0.3 is 5.73 Å². The Kier molecular flexibility index (Phi) is 4.77. The minimum absolute atomic E-state index is 0.0218. The van der Waals surface area contributed by atoms with Gasteiger partial charge in [0, 0.05) is 23.5 Å². The second kappa shape index (κ2) is 5.64. The van der Waals surface area contributed by atoms with Gasteiger partial charge >= 0.3 is 0 Å². The average Bonchev–Trinajstić information content (AvgIpc) is 2.70. The average molecular weight is 226 g/mol. The topological polar surface area (TPSA) is 29.3 Å². The molecule has 0 bridgehead atoms. The Morgan fingerprint density at radius 1 is 1.40 bits per heavy atom. The number of likely N-dealkylation sites (N-methyl/N-ethyl adjacent to an activating group) is 1. The highest BCUT2D eigenvalue weighted by atomic mass is 32.1. The number of nitrogens with zero attached hydrogens (tertiary/aromatic N) is 1. The monoisotopic (exact) mass is 226 g/mol. The van der Waals surface area contributed by atoms with Gasteiger partial charge in [0.2, 0.25) is 0 Å². The molecule has 15 heavy (non-hydrogen) atoms. The van der Waals surface area contributed by atoms with Crippen molar-refractivity contribution in [1.82, 2.24) is 4.90 Å². The summed E-state index contributed by atoms with van der Waals surface area (Å²) in [5.41, 5.74) is 6.27. The van der Waals surface area contributed by atoms with E-state index in [9.17, 15) is 0 Å². The first-order chi connectivity index (χ1) is 7.09. The van der Waals surface area contributed by atoms with Crippen molar-refractivity contribution in [2.75, 3.05) is 13.6 Å². The van der Waals surface area contributed by atoms with Crippen LogP contribution in [0.5, 0.6) is 0 Å². The van der Waals surface area contributed by atoms with Crippen LogP contribution in [-0.2, 0) is 6.54 Å². The molecule has 0 saturated carbocycles. The molecule has 1 aromatic heterocycles. The molecule has 0 fully saturated rings. The molecular formula is C12H22N2S. The fourth-order valence-electron chi connectivity index (χ4n) is 1.74. The summed E-state index contributed by atoms with van der Waals surface area (Å²) in [6, 6.07) is 4.28. The second-order valence-corrected chi connectivity index (χ2v) is 5.35. The summed E-state index contributed by atoms with van der Waals surface area (Å²) >= 11 is 1.81. The van der Waals surface area contributed by atoms with E-state index < -0.39 is 0 Å². The third kappa shape index (κ3) is 3.93. The van der Waals surface area contributed by atoms with Crippen LogP contribution in [-0.4, -0.2) is 24.0 Å². The van der Waals surface area contributed by atoms with E-state index in [1.807, 2.05) is 11.3 Å². The van der Waals surface area contributed by atoms with Gasteiger partial charge in [0.1, 0.15) is 0 Å². The molecule has 2 N–H and O–H groups in total. The van der Waals surface area contributed by atoms with Gasteiger partial charge in [0.15, 0.2) is 0 Å². The highest BCUT2D eigenvalue weighted by molar-refractivity contribution is 7.09. The third-order valence-corrected chi connectivity index (χ3v) is 3.86. The molecule has 0 atom stereocenters. The first-order valence-corrected chi connectivity index (χ1v) is 6.47. The smallest absolute Gasteiger partial charge is 0.0325 e. The minimum Gasteiger partial charge on any atom is -0.324 e. The fourth-order valence-corrected chi connectivity index (χ4v) is 2.52. The molecule has 1 heterocycles. The van der Waals surface area contributed by atoms with E-state index in [2.05, 4.69) is 43.3 Å². The van der Waals surface area contributed by atoms with Crippen molar-refractivity contribution in [3.05, 3.63) is 22.4 Å². The van der Waals surface area contributed by atoms with Crippen LogP contribution in [0.4, 0.5) is 0 Å². The summed E-state index contributed by atoms with van der Waals surface area (Å²) in [6.07, 6.45) is 2.08. The summed E-state index contributed by atoms with van der Waals surface area (Å²) < 4.78 is 0. The molecule has 0 saturated heterocycles. The normalized spacial score (nSPS) is 12.3. The summed E-state index contributed by atoms with van der Waals surface area (Å²) in [6.45, 7) is 6.32. The summed E-state index contributed by atoms with van der Waals surface area (Å²) in [7, 11) is 2.15. The Hall–Kier alpha value is -0.380. The number of rotatable bonds is 6. The molecule has 86 valence electrons. The number of hydrogen-bond acceptors (Lipinski definition) is 3. The van der Waals surface area contributed by atoms with Gasteiger partial charge in [-0.3, -0.25) is 4.90 Å². The zero-order valence-corrected chi connectivity index (χ0v) is 10.8. The molecule has 3 heteroatoms. The molecule has 0 aliphatic carbocycles. The molecule has 1 rings (SSSR count). The summed E-state index contributed by atoms with van der Waals surface area (Å²) in [5.74, 6) is 0. The van der Waals surface area contributed by atoms with Gasteiger partial charge in [0.25, 0.3) is 0 Å². The van der Waals surface area contributed by atoms with Crippen molar-refractivity contribution in [3.63, 3.8) is 0 Å². The molecule has 0 aliphatic rings. The van der Waals surface area contributed by atoms with Crippen molar-refractivity contribution >= 4 is 11.3 Å². The predicted octanol–water partition coefficient (Wildman–Crippen LogP) is 2.70. The van der Waals surface area contributed by atoms with Crippen molar-refractivity contribution in [3.8, 4) is 0 Å². The Morgan fingerprint density at radius 3 is 2.53 bits per heavy atom. The van der Waals surface area contributed by atoms with Crippen LogP contribution in [0, 0.1) is 0 Å². The van der Waals surface area contributed by atoms with E-state index in [4.69, 9.17) is 5.73 Å². The molecule has 2 nitrogen and oxygen atoms in total. The molecule has 0 amide bonds. The molecule has 0 aromatic carbocycles. The number of thiophene rings is 1. The van der Waals surface area contributed by atoms with E-state index in [1.165, 1.54) is 4.88 Å². The molecule has 0 unspecified atom stereocenters. The van der Waals surface area contributed by atoms with Crippen LogP contribution in [0.2, 0.25) is 0 Å². The lowest BCUT2D eigenvalue weighted by atomic mass is 9.94. The van der Waals surface area contributed by atoms with Crippen molar-refractivity contribution in [2.45, 2.75) is 38.8 Å². The largest absolute Gasteiger partial charge is 0.324 e. The van der Waals surface area contributed by atoms with Crippen LogP contribution in [0.25, 0.3) is 0 Å². The van der Waals surface area contributed by atoms with Crippen molar-refractivity contribution in [1.29, 1.82) is 0 Å². The molecule has 0 spiro atoms. The molecular weight excluding hydrogens is 204 g/mol. The first kappa shape index (κ1) is 12.7. The molecule has 1 aromatic rings. The van der Waals surface area contributed by atoms with Crippen LogP contribution in [0.3, 0.4) is 0 Å². The highest BCUT2D eigenvalue weighted by Gasteiger charge is 2.22. The maximum absolute atomic E-state index is 6.29. The Bertz CT molecular complexity index is 265. The van der Waals surface area contributed by atoms with Crippen LogP contribution >= 0.6 is 11.3 Å². The maximum Gasteiger partial charge on any atom is 0.0325 e. The SMILES string of the molecule is CCC(N)(CC)CN(C)Cc1cccs1. The van der Waals surface area contributed by atoms with E-state index >= 15 is 0 Å². The second-order valence-electron chi connectivity index (χ2n) is 4.32. The summed E-state index contributed by atoms with van der Waals surface area (Å²) in [4.78, 5) is 3.73. The Labute approximate surface area is 97.1 Å². The van der Waals surface area contributed by atoms with Gasteiger partial charge in [-0.1, -0.05) is 19.9 Å². The Balaban J connectivity index is 2.44. The van der Waals surface area contributed by atoms with E-state index in [1.54, 1.807) is 0 Å². The van der Waals surface area contributed by atoms with Crippen molar-refractivity contribution in [2.24, 2.45) is 5.73 Å². The quantitative estimate of drug-likeness (QED) is 0.808. The Morgan fingerprint density at radius 2 is 2.07 bits per heavy atom. The van der Waals surface area contributed by atoms with E-state index in [0.29, 0.717) is 0 Å². The minimum atomic E-state index is -0.0218. The molecule has 0 radical (unpaired) electrons. The number of hydrogen-bond donors (Lipinski definition) is 1. The van der Waals surface area contributed by atoms with E-state index in [0.717, 1.165) is 25.9 Å². The van der Waals surface area contributed by atoms with Gasteiger partial charge in [-0.15, -0.1) is 11.3 Å². The van der Waals surface area contributed by atoms with Gasteiger partial charge in [0.05, 0.1) is 0 Å². The van der Waals surface area contributed by atoms with Crippen LogP contribution in [0.15, 0.2) is 17.5 Å². The van der Waals surface area contributed by atoms with Gasteiger partial charge in [-0.2, -0.15) is 0 Å². The van der Waals surface area contributed by atoms with Gasteiger partial charge in [-0.25, -0.2) is 0 Å². The lowest BCUT2D eigenvalue weighted by molar-refractivity contribution is 0.229.